The van der Waals surface area contributed by atoms with Crippen LogP contribution in [0, 0.1) is 0 Å². The van der Waals surface area contributed by atoms with Crippen molar-refractivity contribution in [2.75, 3.05) is 7.05 Å². The molecule has 4 aromatic rings. The Balaban J connectivity index is 1.38. The van der Waals surface area contributed by atoms with Gasteiger partial charge >= 0.3 is 0 Å². The highest BCUT2D eigenvalue weighted by Gasteiger charge is 2.32. The molecule has 0 radical (unpaired) electrons. The third kappa shape index (κ3) is 3.97. The van der Waals surface area contributed by atoms with Crippen LogP contribution in [0.2, 0.25) is 0 Å². The van der Waals surface area contributed by atoms with E-state index in [-0.39, 0.29) is 11.2 Å². The van der Waals surface area contributed by atoms with E-state index >= 15 is 0 Å². The Morgan fingerprint density at radius 2 is 1.90 bits per heavy atom. The fourth-order valence-electron chi connectivity index (χ4n) is 3.91. The molecule has 0 saturated heterocycles. The number of amides is 1. The van der Waals surface area contributed by atoms with Crippen molar-refractivity contribution in [1.82, 2.24) is 24.6 Å². The number of aromatic amines is 1. The van der Waals surface area contributed by atoms with Crippen molar-refractivity contribution in [2.45, 2.75) is 42.8 Å². The van der Waals surface area contributed by atoms with Gasteiger partial charge in [0.1, 0.15) is 0 Å². The van der Waals surface area contributed by atoms with Gasteiger partial charge in [0, 0.05) is 42.3 Å². The first-order chi connectivity index (χ1) is 15.1. The van der Waals surface area contributed by atoms with Crippen LogP contribution in [0.3, 0.4) is 0 Å². The Hall–Kier alpha value is -3.06. The van der Waals surface area contributed by atoms with E-state index < -0.39 is 0 Å². The van der Waals surface area contributed by atoms with E-state index in [2.05, 4.69) is 31.9 Å². The maximum Gasteiger partial charge on any atom is 0.235 e. The Bertz CT molecular complexity index is 1210. The van der Waals surface area contributed by atoms with Crippen LogP contribution in [-0.4, -0.2) is 42.9 Å². The van der Waals surface area contributed by atoms with Gasteiger partial charge in [-0.05, 0) is 31.4 Å². The summed E-state index contributed by atoms with van der Waals surface area (Å²) in [5.41, 5.74) is 3.27. The summed E-state index contributed by atoms with van der Waals surface area (Å²) in [6.07, 6.45) is 4.25. The predicted octanol–water partition coefficient (Wildman–Crippen LogP) is 4.90. The minimum Gasteiger partial charge on any atom is -0.360 e. The first kappa shape index (κ1) is 19.9. The van der Waals surface area contributed by atoms with Crippen molar-refractivity contribution < 1.29 is 4.79 Å². The van der Waals surface area contributed by atoms with Crippen LogP contribution >= 0.6 is 11.8 Å². The lowest BCUT2D eigenvalue weighted by Crippen LogP contribution is -2.33. The first-order valence-corrected chi connectivity index (χ1v) is 11.5. The smallest absolute Gasteiger partial charge is 0.235 e. The number of carbonyl (C=O) groups excluding carboxylic acids is 1. The summed E-state index contributed by atoms with van der Waals surface area (Å²) in [5.74, 6) is 0.965. The highest BCUT2D eigenvalue weighted by Crippen LogP contribution is 2.42. The number of para-hydroxylation sites is 1. The maximum absolute atomic E-state index is 13.0. The minimum atomic E-state index is -0.244. The summed E-state index contributed by atoms with van der Waals surface area (Å²) in [6, 6.07) is 18.7. The topological polar surface area (TPSA) is 66.8 Å². The maximum atomic E-state index is 13.0. The zero-order chi connectivity index (χ0) is 21.4. The third-order valence-corrected chi connectivity index (χ3v) is 6.72. The highest BCUT2D eigenvalue weighted by atomic mass is 32.2. The number of thioether (sulfide) groups is 1. The summed E-state index contributed by atoms with van der Waals surface area (Å²) in [4.78, 5) is 18.1. The largest absolute Gasteiger partial charge is 0.360 e. The molecule has 2 heterocycles. The van der Waals surface area contributed by atoms with Crippen LogP contribution in [-0.2, 0) is 11.3 Å². The predicted molar refractivity (Wildman–Crippen MR) is 124 cm³/mol. The van der Waals surface area contributed by atoms with Gasteiger partial charge in [0.25, 0.3) is 0 Å². The molecule has 1 fully saturated rings. The summed E-state index contributed by atoms with van der Waals surface area (Å²) >= 11 is 1.50. The molecule has 1 atom stereocenters. The monoisotopic (exact) mass is 431 g/mol. The number of rotatable bonds is 7. The number of H-pyrrole nitrogens is 1. The van der Waals surface area contributed by atoms with Crippen molar-refractivity contribution in [3.8, 4) is 11.4 Å². The summed E-state index contributed by atoms with van der Waals surface area (Å²) in [6.45, 7) is 2.55. The van der Waals surface area contributed by atoms with Crippen molar-refractivity contribution in [1.29, 1.82) is 0 Å². The zero-order valence-electron chi connectivity index (χ0n) is 17.7. The summed E-state index contributed by atoms with van der Waals surface area (Å²) < 4.78 is 2.22. The van der Waals surface area contributed by atoms with Crippen molar-refractivity contribution >= 4 is 28.6 Å². The van der Waals surface area contributed by atoms with Gasteiger partial charge in [-0.3, -0.25) is 9.36 Å². The van der Waals surface area contributed by atoms with Crippen LogP contribution in [0.25, 0.3) is 22.3 Å². The summed E-state index contributed by atoms with van der Waals surface area (Å²) in [5, 5.41) is 10.8. The van der Waals surface area contributed by atoms with E-state index in [0.717, 1.165) is 45.9 Å². The lowest BCUT2D eigenvalue weighted by atomic mass is 10.1. The van der Waals surface area contributed by atoms with E-state index in [9.17, 15) is 4.79 Å². The zero-order valence-corrected chi connectivity index (χ0v) is 18.5. The molecule has 1 N–H and O–H groups in total. The van der Waals surface area contributed by atoms with Crippen molar-refractivity contribution in [3.05, 3.63) is 66.4 Å². The van der Waals surface area contributed by atoms with Gasteiger partial charge in [-0.15, -0.1) is 10.2 Å². The normalized spacial score (nSPS) is 14.6. The number of nitrogens with one attached hydrogen (secondary N) is 1. The quantitative estimate of drug-likeness (QED) is 0.423. The number of carbonyl (C=O) groups is 1. The second-order valence-electron chi connectivity index (χ2n) is 8.10. The fourth-order valence-corrected chi connectivity index (χ4v) is 4.95. The molecule has 2 aromatic carbocycles. The van der Waals surface area contributed by atoms with Crippen LogP contribution in [0.1, 0.15) is 31.4 Å². The minimum absolute atomic E-state index is 0.0906. The van der Waals surface area contributed by atoms with Crippen LogP contribution in [0.5, 0.6) is 0 Å². The van der Waals surface area contributed by atoms with Gasteiger partial charge in [-0.1, -0.05) is 60.3 Å². The molecular formula is C24H25N5OS. The van der Waals surface area contributed by atoms with Gasteiger partial charge < -0.3 is 9.88 Å². The lowest BCUT2D eigenvalue weighted by Gasteiger charge is -2.21. The standard InChI is InChI=1S/C24H25N5OS/c1-16(23(30)28(2)15-17-8-4-3-5-9-17)31-24-27-26-22(29(24)18-12-13-18)20-14-25-21-11-7-6-10-19(20)21/h3-11,14,16,18,25H,12-13,15H2,1-2H3/t16-/m1/s1. The molecule has 31 heavy (non-hydrogen) atoms. The molecule has 6 nitrogen and oxygen atoms in total. The Morgan fingerprint density at radius 1 is 1.16 bits per heavy atom. The van der Waals surface area contributed by atoms with Crippen molar-refractivity contribution in [3.63, 3.8) is 0 Å². The molecule has 1 aliphatic carbocycles. The molecule has 1 saturated carbocycles. The molecule has 0 unspecified atom stereocenters. The number of hydrogen-bond acceptors (Lipinski definition) is 4. The molecule has 0 aliphatic heterocycles. The first-order valence-electron chi connectivity index (χ1n) is 10.6. The number of benzene rings is 2. The molecule has 158 valence electrons. The van der Waals surface area contributed by atoms with Crippen LogP contribution in [0.15, 0.2) is 66.0 Å². The van der Waals surface area contributed by atoms with E-state index in [1.807, 2.05) is 62.6 Å². The lowest BCUT2D eigenvalue weighted by molar-refractivity contribution is -0.129. The van der Waals surface area contributed by atoms with Crippen LogP contribution in [0.4, 0.5) is 0 Å². The van der Waals surface area contributed by atoms with Gasteiger partial charge in [0.2, 0.25) is 5.91 Å². The molecule has 7 heteroatoms. The average molecular weight is 432 g/mol. The van der Waals surface area contributed by atoms with Gasteiger partial charge in [-0.25, -0.2) is 0 Å². The second kappa shape index (κ2) is 8.23. The van der Waals surface area contributed by atoms with E-state index in [1.54, 1.807) is 4.90 Å². The van der Waals surface area contributed by atoms with Crippen LogP contribution < -0.4 is 0 Å². The molecule has 5 rings (SSSR count). The molecule has 0 spiro atoms. The van der Waals surface area contributed by atoms with Gasteiger partial charge in [0.15, 0.2) is 11.0 Å². The number of nitrogens with zero attached hydrogens (tertiary/aromatic N) is 4. The molecular weight excluding hydrogens is 406 g/mol. The SMILES string of the molecule is C[C@@H](Sc1nnc(-c2c[nH]c3ccccc23)n1C1CC1)C(=O)N(C)Cc1ccccc1. The Kier molecular flexibility index (Phi) is 5.28. The number of hydrogen-bond donors (Lipinski definition) is 1. The van der Waals surface area contributed by atoms with Gasteiger partial charge in [0.05, 0.1) is 5.25 Å². The second-order valence-corrected chi connectivity index (χ2v) is 9.40. The number of aromatic nitrogens is 4. The van der Waals surface area contributed by atoms with E-state index in [0.29, 0.717) is 12.6 Å². The highest BCUT2D eigenvalue weighted by molar-refractivity contribution is 8.00. The summed E-state index contributed by atoms with van der Waals surface area (Å²) in [7, 11) is 1.86. The number of fused-ring (bicyclic) bond motifs is 1. The molecule has 0 bridgehead atoms. The van der Waals surface area contributed by atoms with E-state index in [1.165, 1.54) is 11.8 Å². The third-order valence-electron chi connectivity index (χ3n) is 5.68. The van der Waals surface area contributed by atoms with E-state index in [4.69, 9.17) is 0 Å². The van der Waals surface area contributed by atoms with Crippen molar-refractivity contribution in [2.24, 2.45) is 0 Å². The average Bonchev–Trinajstić information content (AvgIpc) is 3.41. The molecule has 2 aromatic heterocycles. The fraction of sp³-hybridized carbons (Fsp3) is 0.292. The molecule has 1 aliphatic rings. The Labute approximate surface area is 185 Å². The van der Waals surface area contributed by atoms with Gasteiger partial charge in [-0.2, -0.15) is 0 Å². The molecule has 1 amide bonds. The Morgan fingerprint density at radius 3 is 2.68 bits per heavy atom.